The van der Waals surface area contributed by atoms with Gasteiger partial charge in [-0.15, -0.1) is 0 Å². The number of nitrogens with two attached hydrogens (primary N) is 2. The molecule has 2 aromatic heterocycles. The molecule has 0 atom stereocenters. The molecule has 3 rings (SSSR count). The third-order valence-electron chi connectivity index (χ3n) is 3.79. The summed E-state index contributed by atoms with van der Waals surface area (Å²) in [4.78, 5) is 16.6. The maximum atomic E-state index is 5.89. The normalized spacial score (nSPS) is 11.2. The Balaban J connectivity index is 1.84. The van der Waals surface area contributed by atoms with Crippen LogP contribution in [0, 0.1) is 6.92 Å². The van der Waals surface area contributed by atoms with E-state index in [1.165, 1.54) is 5.56 Å². The SMILES string of the molecule is Cc1ccc(C(C)C)cc1OCc1ncc2c(N)nc(N)nc2n1. The lowest BCUT2D eigenvalue weighted by Crippen LogP contribution is -2.06. The van der Waals surface area contributed by atoms with Gasteiger partial charge in [-0.05, 0) is 30.0 Å². The van der Waals surface area contributed by atoms with Crippen LogP contribution in [0.15, 0.2) is 24.4 Å². The molecule has 0 aliphatic carbocycles. The van der Waals surface area contributed by atoms with Crippen LogP contribution in [0.3, 0.4) is 0 Å². The summed E-state index contributed by atoms with van der Waals surface area (Å²) in [5.41, 5.74) is 14.1. The molecular weight excluding hydrogens is 304 g/mol. The molecule has 0 unspecified atom stereocenters. The van der Waals surface area contributed by atoms with Gasteiger partial charge in [-0.1, -0.05) is 26.0 Å². The molecule has 24 heavy (non-hydrogen) atoms. The lowest BCUT2D eigenvalue weighted by Gasteiger charge is -2.12. The highest BCUT2D eigenvalue weighted by atomic mass is 16.5. The monoisotopic (exact) mass is 324 g/mol. The summed E-state index contributed by atoms with van der Waals surface area (Å²) in [5, 5.41) is 0.575. The summed E-state index contributed by atoms with van der Waals surface area (Å²) >= 11 is 0. The van der Waals surface area contributed by atoms with Crippen LogP contribution in [0.5, 0.6) is 5.75 Å². The van der Waals surface area contributed by atoms with Crippen molar-refractivity contribution in [3.05, 3.63) is 41.3 Å². The zero-order valence-corrected chi connectivity index (χ0v) is 13.9. The summed E-state index contributed by atoms with van der Waals surface area (Å²) < 4.78 is 5.89. The predicted molar refractivity (Wildman–Crippen MR) is 93.6 cm³/mol. The van der Waals surface area contributed by atoms with E-state index >= 15 is 0 Å². The predicted octanol–water partition coefficient (Wildman–Crippen LogP) is 2.60. The number of hydrogen-bond acceptors (Lipinski definition) is 7. The van der Waals surface area contributed by atoms with Gasteiger partial charge in [0.15, 0.2) is 11.5 Å². The molecule has 0 fully saturated rings. The number of aryl methyl sites for hydroxylation is 1. The molecule has 0 bridgehead atoms. The highest BCUT2D eigenvalue weighted by Crippen LogP contribution is 2.25. The van der Waals surface area contributed by atoms with Crippen LogP contribution in [-0.4, -0.2) is 19.9 Å². The third kappa shape index (κ3) is 3.19. The van der Waals surface area contributed by atoms with Crippen molar-refractivity contribution in [2.45, 2.75) is 33.3 Å². The van der Waals surface area contributed by atoms with Gasteiger partial charge in [0.2, 0.25) is 5.95 Å². The van der Waals surface area contributed by atoms with E-state index in [1.807, 2.05) is 6.92 Å². The smallest absolute Gasteiger partial charge is 0.224 e. The summed E-state index contributed by atoms with van der Waals surface area (Å²) in [6.07, 6.45) is 1.59. The first-order chi connectivity index (χ1) is 11.4. The fraction of sp³-hybridized carbons (Fsp3) is 0.294. The Morgan fingerprint density at radius 1 is 1.12 bits per heavy atom. The Morgan fingerprint density at radius 2 is 1.92 bits per heavy atom. The minimum absolute atomic E-state index is 0.0889. The van der Waals surface area contributed by atoms with Crippen LogP contribution in [0.1, 0.15) is 36.7 Å². The molecule has 4 N–H and O–H groups in total. The first-order valence-corrected chi connectivity index (χ1v) is 7.72. The van der Waals surface area contributed by atoms with Crippen molar-refractivity contribution in [2.75, 3.05) is 11.5 Å². The molecule has 7 nitrogen and oxygen atoms in total. The highest BCUT2D eigenvalue weighted by molar-refractivity contribution is 5.85. The van der Waals surface area contributed by atoms with Crippen LogP contribution in [0.4, 0.5) is 11.8 Å². The highest BCUT2D eigenvalue weighted by Gasteiger charge is 2.09. The fourth-order valence-corrected chi connectivity index (χ4v) is 2.33. The van der Waals surface area contributed by atoms with Crippen molar-refractivity contribution < 1.29 is 4.74 Å². The van der Waals surface area contributed by atoms with Crippen molar-refractivity contribution in [1.29, 1.82) is 0 Å². The summed E-state index contributed by atoms with van der Waals surface area (Å²) in [6, 6.07) is 6.22. The number of hydrogen-bond donors (Lipinski definition) is 2. The maximum absolute atomic E-state index is 5.89. The Hall–Kier alpha value is -2.96. The van der Waals surface area contributed by atoms with Gasteiger partial charge >= 0.3 is 0 Å². The van der Waals surface area contributed by atoms with Crippen LogP contribution < -0.4 is 16.2 Å². The van der Waals surface area contributed by atoms with Gasteiger partial charge in [0.05, 0.1) is 5.39 Å². The number of aromatic nitrogens is 4. The van der Waals surface area contributed by atoms with E-state index in [0.717, 1.165) is 11.3 Å². The van der Waals surface area contributed by atoms with Gasteiger partial charge in [0.1, 0.15) is 18.2 Å². The third-order valence-corrected chi connectivity index (χ3v) is 3.79. The average molecular weight is 324 g/mol. The number of anilines is 2. The molecule has 1 aromatic carbocycles. The molecule has 0 saturated carbocycles. The van der Waals surface area contributed by atoms with E-state index in [9.17, 15) is 0 Å². The van der Waals surface area contributed by atoms with Gasteiger partial charge in [0.25, 0.3) is 0 Å². The summed E-state index contributed by atoms with van der Waals surface area (Å²) in [5.74, 6) is 2.13. The summed E-state index contributed by atoms with van der Waals surface area (Å²) in [7, 11) is 0. The van der Waals surface area contributed by atoms with Crippen LogP contribution >= 0.6 is 0 Å². The number of rotatable bonds is 4. The average Bonchev–Trinajstić information content (AvgIpc) is 2.53. The van der Waals surface area contributed by atoms with Gasteiger partial charge in [-0.2, -0.15) is 9.97 Å². The number of fused-ring (bicyclic) bond motifs is 1. The molecule has 3 aromatic rings. The van der Waals surface area contributed by atoms with E-state index in [2.05, 4.69) is 52.0 Å². The molecule has 0 spiro atoms. The van der Waals surface area contributed by atoms with Crippen molar-refractivity contribution in [3.8, 4) is 5.75 Å². The molecule has 124 valence electrons. The number of nitrogens with zero attached hydrogens (tertiary/aromatic N) is 4. The molecule has 0 aliphatic rings. The number of ether oxygens (including phenoxy) is 1. The van der Waals surface area contributed by atoms with Gasteiger partial charge in [-0.3, -0.25) is 0 Å². The van der Waals surface area contributed by atoms with Gasteiger partial charge in [-0.25, -0.2) is 9.97 Å². The van der Waals surface area contributed by atoms with E-state index in [1.54, 1.807) is 6.20 Å². The second kappa shape index (κ2) is 6.27. The standard InChI is InChI=1S/C17H20N6O/c1-9(2)11-5-4-10(3)13(6-11)24-8-14-20-7-12-15(18)22-17(19)23-16(12)21-14/h4-7,9H,8H2,1-3H3,(H4,18,19,20,21,22,23). The Labute approximate surface area is 140 Å². The molecule has 2 heterocycles. The topological polar surface area (TPSA) is 113 Å². The van der Waals surface area contributed by atoms with E-state index in [4.69, 9.17) is 16.2 Å². The zero-order chi connectivity index (χ0) is 17.3. The Kier molecular flexibility index (Phi) is 4.16. The second-order valence-corrected chi connectivity index (χ2v) is 5.96. The number of benzene rings is 1. The van der Waals surface area contributed by atoms with E-state index < -0.39 is 0 Å². The van der Waals surface area contributed by atoms with E-state index in [-0.39, 0.29) is 18.4 Å². The van der Waals surface area contributed by atoms with Crippen LogP contribution in [-0.2, 0) is 6.61 Å². The molecule has 0 amide bonds. The molecule has 7 heteroatoms. The minimum atomic E-state index is 0.0889. The molecule has 0 saturated heterocycles. The molecular formula is C17H20N6O. The van der Waals surface area contributed by atoms with Crippen molar-refractivity contribution in [1.82, 2.24) is 19.9 Å². The number of nitrogen functional groups attached to an aromatic ring is 2. The van der Waals surface area contributed by atoms with Crippen molar-refractivity contribution in [3.63, 3.8) is 0 Å². The zero-order valence-electron chi connectivity index (χ0n) is 13.9. The van der Waals surface area contributed by atoms with E-state index in [0.29, 0.717) is 22.8 Å². The van der Waals surface area contributed by atoms with Crippen LogP contribution in [0.2, 0.25) is 0 Å². The second-order valence-electron chi connectivity index (χ2n) is 5.96. The van der Waals surface area contributed by atoms with Crippen molar-refractivity contribution >= 4 is 22.8 Å². The Morgan fingerprint density at radius 3 is 2.67 bits per heavy atom. The van der Waals surface area contributed by atoms with Gasteiger partial charge < -0.3 is 16.2 Å². The lowest BCUT2D eigenvalue weighted by atomic mass is 10.0. The molecule has 0 aliphatic heterocycles. The maximum Gasteiger partial charge on any atom is 0.224 e. The van der Waals surface area contributed by atoms with Crippen molar-refractivity contribution in [2.24, 2.45) is 0 Å². The Bertz CT molecular complexity index is 894. The first kappa shape index (κ1) is 15.9. The molecule has 0 radical (unpaired) electrons. The minimum Gasteiger partial charge on any atom is -0.485 e. The summed E-state index contributed by atoms with van der Waals surface area (Å²) in [6.45, 7) is 6.54. The van der Waals surface area contributed by atoms with Crippen LogP contribution in [0.25, 0.3) is 11.0 Å². The first-order valence-electron chi connectivity index (χ1n) is 7.72. The quantitative estimate of drug-likeness (QED) is 0.758. The fourth-order valence-electron chi connectivity index (χ4n) is 2.33. The van der Waals surface area contributed by atoms with Gasteiger partial charge in [0, 0.05) is 6.20 Å². The largest absolute Gasteiger partial charge is 0.485 e. The lowest BCUT2D eigenvalue weighted by molar-refractivity contribution is 0.294.